The molecule has 0 aliphatic heterocycles. The third-order valence-corrected chi connectivity index (χ3v) is 7.87. The molecule has 3 heterocycles. The van der Waals surface area contributed by atoms with E-state index in [1.54, 1.807) is 48.3 Å². The maximum atomic E-state index is 15.3. The van der Waals surface area contributed by atoms with Crippen molar-refractivity contribution in [2.75, 3.05) is 5.32 Å². The first-order valence-corrected chi connectivity index (χ1v) is 14.2. The lowest BCUT2D eigenvalue weighted by Crippen LogP contribution is -2.22. The molecule has 3 aromatic heterocycles. The lowest BCUT2D eigenvalue weighted by Gasteiger charge is -2.18. The third kappa shape index (κ3) is 5.92. The number of ether oxygens (including phenoxy) is 1. The van der Waals surface area contributed by atoms with Crippen molar-refractivity contribution in [1.82, 2.24) is 24.7 Å². The van der Waals surface area contributed by atoms with E-state index in [0.29, 0.717) is 27.7 Å². The van der Waals surface area contributed by atoms with Crippen LogP contribution in [0.15, 0.2) is 83.5 Å². The molecule has 210 valence electrons. The van der Waals surface area contributed by atoms with Crippen molar-refractivity contribution < 1.29 is 18.1 Å². The maximum Gasteiger partial charge on any atom is 0.231 e. The fourth-order valence-electron chi connectivity index (χ4n) is 4.20. The Kier molecular flexibility index (Phi) is 7.26. The van der Waals surface area contributed by atoms with Crippen molar-refractivity contribution in [3.63, 3.8) is 0 Å². The second-order valence-electron chi connectivity index (χ2n) is 10.5. The number of pyridine rings is 1. The van der Waals surface area contributed by atoms with Crippen LogP contribution in [0.25, 0.3) is 10.9 Å². The highest BCUT2D eigenvalue weighted by atomic mass is 32.2. The number of halogens is 1. The van der Waals surface area contributed by atoms with E-state index in [1.807, 2.05) is 20.8 Å². The van der Waals surface area contributed by atoms with Gasteiger partial charge >= 0.3 is 0 Å². The molecule has 2 N–H and O–H groups in total. The number of anilines is 1. The van der Waals surface area contributed by atoms with Gasteiger partial charge in [0.15, 0.2) is 11.6 Å². The average Bonchev–Trinajstić information content (AvgIpc) is 3.40. The monoisotopic (exact) mass is 573 g/mol. The minimum atomic E-state index is -3.51. The minimum absolute atomic E-state index is 0.0171. The van der Waals surface area contributed by atoms with E-state index in [2.05, 4.69) is 25.4 Å². The van der Waals surface area contributed by atoms with Gasteiger partial charge in [-0.15, -0.1) is 0 Å². The molecule has 41 heavy (non-hydrogen) atoms. The number of benzene rings is 2. The molecule has 0 spiro atoms. The van der Waals surface area contributed by atoms with Crippen LogP contribution in [0.4, 0.5) is 10.1 Å². The largest absolute Gasteiger partial charge is 0.453 e. The van der Waals surface area contributed by atoms with Crippen LogP contribution < -0.4 is 10.1 Å². The summed E-state index contributed by atoms with van der Waals surface area (Å²) in [6.45, 7) is 7.69. The van der Waals surface area contributed by atoms with Gasteiger partial charge in [-0.1, -0.05) is 6.07 Å². The van der Waals surface area contributed by atoms with Gasteiger partial charge in [0, 0.05) is 30.2 Å². The normalized spacial score (nSPS) is 13.1. The van der Waals surface area contributed by atoms with Crippen molar-refractivity contribution in [3.05, 3.63) is 90.4 Å². The van der Waals surface area contributed by atoms with Gasteiger partial charge in [0.2, 0.25) is 11.1 Å². The van der Waals surface area contributed by atoms with Gasteiger partial charge in [0.1, 0.15) is 15.5 Å². The van der Waals surface area contributed by atoms with Crippen molar-refractivity contribution in [2.45, 2.75) is 49.7 Å². The number of amides is 1. The van der Waals surface area contributed by atoms with Crippen LogP contribution in [-0.4, -0.2) is 34.8 Å². The van der Waals surface area contributed by atoms with Crippen LogP contribution in [0, 0.1) is 17.5 Å². The predicted octanol–water partition coefficient (Wildman–Crippen LogP) is 5.86. The molecular formula is C29H28FN7O3S. The Balaban J connectivity index is 1.38. The fraction of sp³-hybridized carbons (Fsp3) is 0.207. The van der Waals surface area contributed by atoms with E-state index in [1.165, 1.54) is 36.8 Å². The quantitative estimate of drug-likeness (QED) is 0.233. The first kappa shape index (κ1) is 27.8. The van der Waals surface area contributed by atoms with Gasteiger partial charge < -0.3 is 10.1 Å². The molecule has 0 radical (unpaired) electrons. The Hall–Kier alpha value is -4.71. The zero-order valence-corrected chi connectivity index (χ0v) is 23.7. The van der Waals surface area contributed by atoms with Crippen LogP contribution >= 0.6 is 0 Å². The Morgan fingerprint density at radius 1 is 1.10 bits per heavy atom. The summed E-state index contributed by atoms with van der Waals surface area (Å²) < 4.78 is 44.8. The molecule has 10 nitrogen and oxygen atoms in total. The summed E-state index contributed by atoms with van der Waals surface area (Å²) in [4.78, 5) is 25.1. The summed E-state index contributed by atoms with van der Waals surface area (Å²) in [6.07, 6.45) is 7.64. The average molecular weight is 574 g/mol. The molecule has 0 saturated carbocycles. The Bertz CT molecular complexity index is 1840. The third-order valence-electron chi connectivity index (χ3n) is 6.22. The molecule has 5 rings (SSSR count). The van der Waals surface area contributed by atoms with E-state index in [0.717, 1.165) is 0 Å². The predicted molar refractivity (Wildman–Crippen MR) is 152 cm³/mol. The van der Waals surface area contributed by atoms with Crippen LogP contribution in [-0.2, 0) is 26.5 Å². The molecule has 0 fully saturated rings. The van der Waals surface area contributed by atoms with E-state index >= 15 is 4.39 Å². The number of nitrogens with zero attached hydrogens (tertiary/aromatic N) is 5. The lowest BCUT2D eigenvalue weighted by molar-refractivity contribution is -0.115. The molecule has 0 aliphatic carbocycles. The Morgan fingerprint density at radius 2 is 1.85 bits per heavy atom. The van der Waals surface area contributed by atoms with Gasteiger partial charge in [-0.05, 0) is 75.2 Å². The van der Waals surface area contributed by atoms with Crippen molar-refractivity contribution in [3.8, 4) is 11.5 Å². The van der Waals surface area contributed by atoms with Crippen molar-refractivity contribution in [1.29, 1.82) is 4.78 Å². The van der Waals surface area contributed by atoms with Crippen LogP contribution in [0.5, 0.6) is 11.5 Å². The van der Waals surface area contributed by atoms with Gasteiger partial charge in [-0.25, -0.2) is 23.3 Å². The summed E-state index contributed by atoms with van der Waals surface area (Å²) >= 11 is 0. The second-order valence-corrected chi connectivity index (χ2v) is 12.4. The molecule has 5 aromatic rings. The number of carbonyl (C=O) groups is 1. The number of hydrogen-bond acceptors (Lipinski definition) is 8. The van der Waals surface area contributed by atoms with Crippen molar-refractivity contribution in [2.24, 2.45) is 0 Å². The smallest absolute Gasteiger partial charge is 0.231 e. The van der Waals surface area contributed by atoms with E-state index in [4.69, 9.17) is 9.52 Å². The second kappa shape index (κ2) is 10.7. The van der Waals surface area contributed by atoms with Gasteiger partial charge in [0.25, 0.3) is 0 Å². The summed E-state index contributed by atoms with van der Waals surface area (Å²) in [5.74, 6) is -0.697. The van der Waals surface area contributed by atoms with Crippen molar-refractivity contribution >= 4 is 32.2 Å². The first-order valence-electron chi connectivity index (χ1n) is 12.7. The number of nitrogens with one attached hydrogen (secondary N) is 2. The number of hydrogen-bond donors (Lipinski definition) is 2. The van der Waals surface area contributed by atoms with E-state index in [-0.39, 0.29) is 39.4 Å². The minimum Gasteiger partial charge on any atom is -0.453 e. The number of rotatable bonds is 7. The van der Waals surface area contributed by atoms with Crippen LogP contribution in [0.1, 0.15) is 31.9 Å². The molecular weight excluding hydrogens is 545 g/mol. The molecule has 1 amide bonds. The Labute approximate surface area is 236 Å². The van der Waals surface area contributed by atoms with E-state index in [9.17, 15) is 9.00 Å². The number of aryl methyl sites for hydroxylation is 1. The highest BCUT2D eigenvalue weighted by Crippen LogP contribution is 2.35. The zero-order valence-electron chi connectivity index (χ0n) is 22.9. The molecule has 0 saturated heterocycles. The van der Waals surface area contributed by atoms with Crippen LogP contribution in [0.2, 0.25) is 0 Å². The topological polar surface area (TPSA) is 136 Å². The first-order chi connectivity index (χ1) is 19.4. The highest BCUT2D eigenvalue weighted by molar-refractivity contribution is 7.92. The zero-order chi connectivity index (χ0) is 29.4. The summed E-state index contributed by atoms with van der Waals surface area (Å²) in [5, 5.41) is 7.39. The highest BCUT2D eigenvalue weighted by Gasteiger charge is 2.20. The molecule has 12 heteroatoms. The molecule has 2 aromatic carbocycles. The number of fused-ring (bicyclic) bond motifs is 1. The summed E-state index contributed by atoms with van der Waals surface area (Å²) in [5.41, 5.74) is 1.80. The maximum absolute atomic E-state index is 15.3. The standard InChI is InChI=1S/C29H28FN7O3S/c1-18-12-19(14-26(38)36-20-16-35-37(17-20)29(2,3)4)13-23(30)27(18)40-25-8-11-32-24-7-6-21(15-22(24)25)41(31,39)28-33-9-5-10-34-28/h5-13,15-17,31H,14H2,1-4H3,(H,36,38)/t41-/m1/s1. The van der Waals surface area contributed by atoms with Gasteiger partial charge in [-0.2, -0.15) is 5.10 Å². The summed E-state index contributed by atoms with van der Waals surface area (Å²) in [6, 6.07) is 10.8. The molecule has 1 atom stereocenters. The van der Waals surface area contributed by atoms with Gasteiger partial charge in [0.05, 0.1) is 34.3 Å². The number of aromatic nitrogens is 5. The fourth-order valence-corrected chi connectivity index (χ4v) is 5.37. The molecule has 0 aliphatic rings. The SMILES string of the molecule is Cc1cc(CC(=O)Nc2cnn(C(C)(C)C)c2)cc(F)c1Oc1ccnc2ccc([S@@](=N)(=O)c3ncccn3)cc12. The number of carbonyl (C=O) groups excluding carboxylic acids is 1. The van der Waals surface area contributed by atoms with Crippen LogP contribution in [0.3, 0.4) is 0 Å². The molecule has 0 unspecified atom stereocenters. The van der Waals surface area contributed by atoms with E-state index < -0.39 is 15.5 Å². The summed E-state index contributed by atoms with van der Waals surface area (Å²) in [7, 11) is -3.51. The lowest BCUT2D eigenvalue weighted by atomic mass is 10.1. The molecule has 0 bridgehead atoms. The van der Waals surface area contributed by atoms with Gasteiger partial charge in [-0.3, -0.25) is 14.5 Å². The Morgan fingerprint density at radius 3 is 2.54 bits per heavy atom.